The van der Waals surface area contributed by atoms with E-state index in [9.17, 15) is 15.3 Å². The van der Waals surface area contributed by atoms with Gasteiger partial charge in [-0.05, 0) is 25.7 Å². The van der Waals surface area contributed by atoms with Gasteiger partial charge >= 0.3 is 0 Å². The Labute approximate surface area is 140 Å². The second kappa shape index (κ2) is 12.9. The summed E-state index contributed by atoms with van der Waals surface area (Å²) in [5, 5.41) is 28.8. The van der Waals surface area contributed by atoms with Gasteiger partial charge in [0.05, 0.1) is 13.2 Å². The number of unbranched alkanes of at least 4 members (excludes halogenated alkanes) is 6. The van der Waals surface area contributed by atoms with Gasteiger partial charge in [-0.15, -0.1) is 0 Å². The lowest BCUT2D eigenvalue weighted by atomic mass is 10.0. The topological polar surface area (TPSA) is 79.2 Å². The monoisotopic (exact) mass is 330 g/mol. The predicted molar refractivity (Wildman–Crippen MR) is 90.3 cm³/mol. The minimum absolute atomic E-state index is 0.0414. The van der Waals surface area contributed by atoms with Crippen molar-refractivity contribution >= 4 is 0 Å². The third kappa shape index (κ3) is 8.27. The van der Waals surface area contributed by atoms with Crippen LogP contribution in [0.1, 0.15) is 58.3 Å². The molecular formula is C18H34O5. The first-order chi connectivity index (χ1) is 11.2. The molecule has 1 heterocycles. The number of hydrogen-bond donors (Lipinski definition) is 3. The van der Waals surface area contributed by atoms with Gasteiger partial charge in [-0.1, -0.05) is 44.8 Å². The van der Waals surface area contributed by atoms with Crippen molar-refractivity contribution < 1.29 is 24.8 Å². The molecule has 1 fully saturated rings. The quantitative estimate of drug-likeness (QED) is 0.377. The number of rotatable bonds is 12. The summed E-state index contributed by atoms with van der Waals surface area (Å²) < 4.78 is 10.9. The summed E-state index contributed by atoms with van der Waals surface area (Å²) in [6, 6.07) is 0. The Bertz CT molecular complexity index is 306. The lowest BCUT2D eigenvalue weighted by molar-refractivity contribution is -0.211. The molecule has 1 saturated heterocycles. The zero-order valence-corrected chi connectivity index (χ0v) is 14.4. The fourth-order valence-electron chi connectivity index (χ4n) is 2.79. The van der Waals surface area contributed by atoms with E-state index < -0.39 is 24.4 Å². The number of hydrogen-bond acceptors (Lipinski definition) is 5. The molecule has 1 aliphatic heterocycles. The van der Waals surface area contributed by atoms with Gasteiger partial charge in [0.1, 0.15) is 24.4 Å². The lowest BCUT2D eigenvalue weighted by Crippen LogP contribution is -2.55. The Balaban J connectivity index is 2.02. The van der Waals surface area contributed by atoms with Crippen molar-refractivity contribution in [3.63, 3.8) is 0 Å². The molecule has 0 bridgehead atoms. The van der Waals surface area contributed by atoms with Crippen molar-refractivity contribution in [2.75, 3.05) is 19.8 Å². The predicted octanol–water partition coefficient (Wildman–Crippen LogP) is 2.18. The Morgan fingerprint density at radius 1 is 1.04 bits per heavy atom. The standard InChI is InChI=1S/C18H34O5/c1-2-3-4-5-6-7-8-9-10-11-12-22-18-16(13-19)23-14-15(20)17(18)21/h3-4,15-21H,2,5-14H2,1H3/b4-3+/t15-,16+,17+,18+/m1/s1. The molecular weight excluding hydrogens is 296 g/mol. The van der Waals surface area contributed by atoms with E-state index >= 15 is 0 Å². The molecule has 0 spiro atoms. The molecule has 0 amide bonds. The van der Waals surface area contributed by atoms with Crippen molar-refractivity contribution in [2.45, 2.75) is 82.7 Å². The maximum Gasteiger partial charge on any atom is 0.114 e. The van der Waals surface area contributed by atoms with E-state index in [-0.39, 0.29) is 13.2 Å². The molecule has 136 valence electrons. The van der Waals surface area contributed by atoms with E-state index in [1.54, 1.807) is 0 Å². The van der Waals surface area contributed by atoms with Gasteiger partial charge in [-0.3, -0.25) is 0 Å². The van der Waals surface area contributed by atoms with Crippen molar-refractivity contribution in [3.05, 3.63) is 12.2 Å². The lowest BCUT2D eigenvalue weighted by Gasteiger charge is -2.37. The third-order valence-electron chi connectivity index (χ3n) is 4.24. The molecule has 1 aliphatic rings. The highest BCUT2D eigenvalue weighted by Crippen LogP contribution is 2.19. The van der Waals surface area contributed by atoms with Gasteiger partial charge in [-0.25, -0.2) is 0 Å². The highest BCUT2D eigenvalue weighted by Gasteiger charge is 2.39. The van der Waals surface area contributed by atoms with Gasteiger partial charge in [0.2, 0.25) is 0 Å². The fourth-order valence-corrected chi connectivity index (χ4v) is 2.79. The molecule has 0 radical (unpaired) electrons. The van der Waals surface area contributed by atoms with Crippen molar-refractivity contribution in [1.29, 1.82) is 0 Å². The molecule has 3 N–H and O–H groups in total. The Kier molecular flexibility index (Phi) is 11.5. The largest absolute Gasteiger partial charge is 0.394 e. The molecule has 0 unspecified atom stereocenters. The maximum absolute atomic E-state index is 9.93. The zero-order valence-electron chi connectivity index (χ0n) is 14.4. The van der Waals surface area contributed by atoms with Crippen LogP contribution < -0.4 is 0 Å². The van der Waals surface area contributed by atoms with Gasteiger partial charge in [0, 0.05) is 6.61 Å². The molecule has 0 saturated carbocycles. The molecule has 5 heteroatoms. The normalized spacial score (nSPS) is 28.5. The van der Waals surface area contributed by atoms with Crippen LogP contribution in [0.3, 0.4) is 0 Å². The molecule has 0 aromatic heterocycles. The number of aliphatic hydroxyl groups excluding tert-OH is 3. The minimum atomic E-state index is -0.989. The van der Waals surface area contributed by atoms with Crippen LogP contribution in [0.4, 0.5) is 0 Å². The maximum atomic E-state index is 9.93. The molecule has 0 aliphatic carbocycles. The third-order valence-corrected chi connectivity index (χ3v) is 4.24. The van der Waals surface area contributed by atoms with E-state index in [2.05, 4.69) is 19.1 Å². The van der Waals surface area contributed by atoms with Gasteiger partial charge < -0.3 is 24.8 Å². The minimum Gasteiger partial charge on any atom is -0.394 e. The summed E-state index contributed by atoms with van der Waals surface area (Å²) in [7, 11) is 0. The smallest absolute Gasteiger partial charge is 0.114 e. The first-order valence-corrected chi connectivity index (χ1v) is 9.05. The number of allylic oxidation sites excluding steroid dienone is 2. The average molecular weight is 330 g/mol. The number of aliphatic hydroxyl groups is 3. The molecule has 0 aromatic carbocycles. The van der Waals surface area contributed by atoms with E-state index in [4.69, 9.17) is 9.47 Å². The van der Waals surface area contributed by atoms with Crippen LogP contribution in [0.5, 0.6) is 0 Å². The Hall–Kier alpha value is -0.460. The first kappa shape index (κ1) is 20.6. The Morgan fingerprint density at radius 3 is 2.43 bits per heavy atom. The van der Waals surface area contributed by atoms with Crippen molar-refractivity contribution in [1.82, 2.24) is 0 Å². The van der Waals surface area contributed by atoms with Gasteiger partial charge in [0.25, 0.3) is 0 Å². The second-order valence-electron chi connectivity index (χ2n) is 6.24. The summed E-state index contributed by atoms with van der Waals surface area (Å²) >= 11 is 0. The van der Waals surface area contributed by atoms with Crippen molar-refractivity contribution in [3.8, 4) is 0 Å². The second-order valence-corrected chi connectivity index (χ2v) is 6.24. The zero-order chi connectivity index (χ0) is 16.9. The molecule has 0 aromatic rings. The molecule has 4 atom stereocenters. The van der Waals surface area contributed by atoms with Gasteiger partial charge in [0.15, 0.2) is 0 Å². The van der Waals surface area contributed by atoms with Crippen LogP contribution in [-0.4, -0.2) is 59.6 Å². The van der Waals surface area contributed by atoms with Crippen LogP contribution in [-0.2, 0) is 9.47 Å². The average Bonchev–Trinajstić information content (AvgIpc) is 2.56. The van der Waals surface area contributed by atoms with Crippen LogP contribution in [0.15, 0.2) is 12.2 Å². The van der Waals surface area contributed by atoms with E-state index in [1.165, 1.54) is 32.1 Å². The Morgan fingerprint density at radius 2 is 1.74 bits per heavy atom. The summed E-state index contributed by atoms with van der Waals surface area (Å²) in [5.74, 6) is 0. The highest BCUT2D eigenvalue weighted by atomic mass is 16.6. The first-order valence-electron chi connectivity index (χ1n) is 9.05. The molecule has 5 nitrogen and oxygen atoms in total. The van der Waals surface area contributed by atoms with Gasteiger partial charge in [-0.2, -0.15) is 0 Å². The van der Waals surface area contributed by atoms with Crippen molar-refractivity contribution in [2.24, 2.45) is 0 Å². The van der Waals surface area contributed by atoms with Crippen LogP contribution >= 0.6 is 0 Å². The van der Waals surface area contributed by atoms with Crippen LogP contribution in [0, 0.1) is 0 Å². The molecule has 1 rings (SSSR count). The van der Waals surface area contributed by atoms with E-state index in [1.807, 2.05) is 0 Å². The summed E-state index contributed by atoms with van der Waals surface area (Å²) in [6.07, 6.45) is 10.6. The van der Waals surface area contributed by atoms with Crippen LogP contribution in [0.2, 0.25) is 0 Å². The van der Waals surface area contributed by atoms with E-state index in [0.717, 1.165) is 19.3 Å². The molecule has 23 heavy (non-hydrogen) atoms. The summed E-state index contributed by atoms with van der Waals surface area (Å²) in [4.78, 5) is 0. The summed E-state index contributed by atoms with van der Waals surface area (Å²) in [6.45, 7) is 2.51. The van der Waals surface area contributed by atoms with Crippen LogP contribution in [0.25, 0.3) is 0 Å². The van der Waals surface area contributed by atoms with E-state index in [0.29, 0.717) is 6.61 Å². The SMILES string of the molecule is CC/C=C/CCCCCCCCO[C@@H]1[C@@H](O)[C@H](O)CO[C@H]1CO. The number of ether oxygens (including phenoxy) is 2. The fraction of sp³-hybridized carbons (Fsp3) is 0.889. The highest BCUT2D eigenvalue weighted by molar-refractivity contribution is 4.87. The summed E-state index contributed by atoms with van der Waals surface area (Å²) in [5.41, 5.74) is 0.